The fraction of sp³-hybridized carbons (Fsp3) is 0.211. The van der Waals surface area contributed by atoms with Gasteiger partial charge in [-0.25, -0.2) is 13.5 Å². The van der Waals surface area contributed by atoms with Crippen molar-refractivity contribution in [2.75, 3.05) is 31.5 Å². The Bertz CT molecular complexity index is 996. The lowest BCUT2D eigenvalue weighted by molar-refractivity contribution is -0.113. The number of anilines is 1. The van der Waals surface area contributed by atoms with Gasteiger partial charge in [-0.2, -0.15) is 4.98 Å². The fourth-order valence-electron chi connectivity index (χ4n) is 2.45. The third kappa shape index (κ3) is 5.07. The highest BCUT2D eigenvalue weighted by Gasteiger charge is 2.16. The maximum absolute atomic E-state index is 13.7. The molecule has 1 amide bonds. The van der Waals surface area contributed by atoms with E-state index in [1.54, 1.807) is 24.3 Å². The van der Waals surface area contributed by atoms with Gasteiger partial charge in [-0.3, -0.25) is 4.79 Å². The molecule has 0 fully saturated rings. The number of hydrogen-bond donors (Lipinski definition) is 1. The molecule has 10 heteroatoms. The van der Waals surface area contributed by atoms with E-state index in [4.69, 9.17) is 21.1 Å². The van der Waals surface area contributed by atoms with Crippen LogP contribution in [-0.4, -0.2) is 46.9 Å². The summed E-state index contributed by atoms with van der Waals surface area (Å²) in [4.78, 5) is 15.7. The molecule has 3 rings (SSSR count). The minimum Gasteiger partial charge on any atom is -0.460 e. The molecule has 0 spiro atoms. The zero-order valence-electron chi connectivity index (χ0n) is 15.4. The van der Waals surface area contributed by atoms with Crippen molar-refractivity contribution in [2.45, 2.75) is 0 Å². The second-order valence-electron chi connectivity index (χ2n) is 5.83. The van der Waals surface area contributed by atoms with Crippen molar-refractivity contribution in [3.05, 3.63) is 54.1 Å². The number of aromatic nitrogens is 3. The minimum absolute atomic E-state index is 0.0568. The Hall–Kier alpha value is -3.04. The number of nitrogens with one attached hydrogen (secondary N) is 1. The van der Waals surface area contributed by atoms with Gasteiger partial charge in [0.2, 0.25) is 5.91 Å². The Morgan fingerprint density at radius 2 is 1.90 bits per heavy atom. The number of amides is 1. The number of carbonyl (C=O) groups is 1. The van der Waals surface area contributed by atoms with Gasteiger partial charge in [0.1, 0.15) is 12.5 Å². The zero-order valence-corrected chi connectivity index (χ0v) is 16.1. The summed E-state index contributed by atoms with van der Waals surface area (Å²) in [5.74, 6) is -2.20. The second-order valence-corrected chi connectivity index (χ2v) is 6.10. The van der Waals surface area contributed by atoms with Crippen molar-refractivity contribution in [3.8, 4) is 23.1 Å². The Balaban J connectivity index is 1.97. The van der Waals surface area contributed by atoms with E-state index in [-0.39, 0.29) is 30.2 Å². The van der Waals surface area contributed by atoms with E-state index < -0.39 is 11.6 Å². The lowest BCUT2D eigenvalue weighted by Gasteiger charge is -2.08. The number of halogens is 3. The molecule has 1 heterocycles. The van der Waals surface area contributed by atoms with Crippen LogP contribution >= 0.6 is 11.6 Å². The Morgan fingerprint density at radius 3 is 2.55 bits per heavy atom. The molecule has 0 atom stereocenters. The van der Waals surface area contributed by atoms with Crippen molar-refractivity contribution < 1.29 is 23.0 Å². The first-order valence-electron chi connectivity index (χ1n) is 8.52. The average molecular weight is 423 g/mol. The predicted molar refractivity (Wildman–Crippen MR) is 103 cm³/mol. The SMILES string of the molecule is COCCOc1nc(-c2ccc(F)c(F)c2)n(-c2ccc(NC(=O)CCl)cc2)n1. The topological polar surface area (TPSA) is 78.3 Å². The molecule has 1 N–H and O–H groups in total. The van der Waals surface area contributed by atoms with Gasteiger partial charge in [0.25, 0.3) is 0 Å². The van der Waals surface area contributed by atoms with Crippen LogP contribution in [0.5, 0.6) is 6.01 Å². The van der Waals surface area contributed by atoms with E-state index in [0.717, 1.165) is 12.1 Å². The molecule has 0 aliphatic heterocycles. The summed E-state index contributed by atoms with van der Waals surface area (Å²) < 4.78 is 38.9. The van der Waals surface area contributed by atoms with Crippen LogP contribution in [0.25, 0.3) is 17.1 Å². The highest BCUT2D eigenvalue weighted by molar-refractivity contribution is 6.29. The number of methoxy groups -OCH3 is 1. The normalized spacial score (nSPS) is 10.8. The molecule has 0 unspecified atom stereocenters. The van der Waals surface area contributed by atoms with Crippen molar-refractivity contribution in [3.63, 3.8) is 0 Å². The summed E-state index contributed by atoms with van der Waals surface area (Å²) in [5, 5.41) is 6.91. The lowest BCUT2D eigenvalue weighted by atomic mass is 10.2. The first-order valence-corrected chi connectivity index (χ1v) is 9.05. The molecule has 1 aromatic heterocycles. The van der Waals surface area contributed by atoms with Crippen LogP contribution in [0.15, 0.2) is 42.5 Å². The van der Waals surface area contributed by atoms with Gasteiger partial charge in [0, 0.05) is 18.4 Å². The number of nitrogens with zero attached hydrogens (tertiary/aromatic N) is 3. The van der Waals surface area contributed by atoms with Crippen molar-refractivity contribution >= 4 is 23.2 Å². The standard InChI is InChI=1S/C19H17ClF2N4O3/c1-28-8-9-29-19-24-18(12-2-7-15(21)16(22)10-12)26(25-19)14-5-3-13(4-6-14)23-17(27)11-20/h2-7,10H,8-9,11H2,1H3,(H,23,27). The molecule has 0 aliphatic carbocycles. The number of carbonyl (C=O) groups excluding carboxylic acids is 1. The van der Waals surface area contributed by atoms with Crippen LogP contribution in [-0.2, 0) is 9.53 Å². The summed E-state index contributed by atoms with van der Waals surface area (Å²) >= 11 is 5.48. The van der Waals surface area contributed by atoms with Crippen LogP contribution < -0.4 is 10.1 Å². The molecule has 7 nitrogen and oxygen atoms in total. The van der Waals surface area contributed by atoms with E-state index >= 15 is 0 Å². The van der Waals surface area contributed by atoms with Crippen molar-refractivity contribution in [2.24, 2.45) is 0 Å². The van der Waals surface area contributed by atoms with Crippen molar-refractivity contribution in [1.82, 2.24) is 14.8 Å². The second kappa shape index (κ2) is 9.44. The van der Waals surface area contributed by atoms with Crippen LogP contribution in [0.1, 0.15) is 0 Å². The van der Waals surface area contributed by atoms with Gasteiger partial charge in [-0.15, -0.1) is 16.7 Å². The van der Waals surface area contributed by atoms with Gasteiger partial charge >= 0.3 is 6.01 Å². The first-order chi connectivity index (χ1) is 14.0. The minimum atomic E-state index is -1.00. The third-order valence-electron chi connectivity index (χ3n) is 3.80. The number of alkyl halides is 1. The molecule has 29 heavy (non-hydrogen) atoms. The number of ether oxygens (including phenoxy) is 2. The molecular formula is C19H17ClF2N4O3. The lowest BCUT2D eigenvalue weighted by Crippen LogP contribution is -2.12. The molecule has 0 saturated heterocycles. The van der Waals surface area contributed by atoms with Crippen LogP contribution in [0, 0.1) is 11.6 Å². The monoisotopic (exact) mass is 422 g/mol. The summed E-state index contributed by atoms with van der Waals surface area (Å²) in [6.45, 7) is 0.561. The van der Waals surface area contributed by atoms with Gasteiger partial charge in [-0.1, -0.05) is 0 Å². The van der Waals surface area contributed by atoms with E-state index in [1.807, 2.05) is 0 Å². The number of hydrogen-bond acceptors (Lipinski definition) is 5. The third-order valence-corrected chi connectivity index (χ3v) is 4.04. The summed E-state index contributed by atoms with van der Waals surface area (Å²) in [7, 11) is 1.53. The summed E-state index contributed by atoms with van der Waals surface area (Å²) in [6.07, 6.45) is 0. The van der Waals surface area contributed by atoms with Gasteiger partial charge in [0.05, 0.1) is 12.3 Å². The quantitative estimate of drug-likeness (QED) is 0.444. The maximum Gasteiger partial charge on any atom is 0.336 e. The average Bonchev–Trinajstić information content (AvgIpc) is 3.15. The van der Waals surface area contributed by atoms with Crippen LogP contribution in [0.4, 0.5) is 14.5 Å². The largest absolute Gasteiger partial charge is 0.460 e. The predicted octanol–water partition coefficient (Wildman–Crippen LogP) is 3.42. The first kappa shape index (κ1) is 20.7. The Morgan fingerprint density at radius 1 is 1.14 bits per heavy atom. The Kier molecular flexibility index (Phi) is 6.73. The summed E-state index contributed by atoms with van der Waals surface area (Å²) in [5.41, 5.74) is 1.44. The molecule has 0 bridgehead atoms. The van der Waals surface area contributed by atoms with Crippen molar-refractivity contribution in [1.29, 1.82) is 0 Å². The maximum atomic E-state index is 13.7. The fourth-order valence-corrected chi connectivity index (χ4v) is 2.52. The van der Waals surface area contributed by atoms with Gasteiger partial charge in [-0.05, 0) is 42.5 Å². The molecule has 0 saturated carbocycles. The molecule has 3 aromatic rings. The van der Waals surface area contributed by atoms with Gasteiger partial charge in [0.15, 0.2) is 17.5 Å². The highest BCUT2D eigenvalue weighted by Crippen LogP contribution is 2.25. The van der Waals surface area contributed by atoms with E-state index in [1.165, 1.54) is 17.9 Å². The molecule has 0 radical (unpaired) electrons. The molecule has 2 aromatic carbocycles. The van der Waals surface area contributed by atoms with Crippen LogP contribution in [0.3, 0.4) is 0 Å². The molecular weight excluding hydrogens is 406 g/mol. The molecule has 152 valence electrons. The van der Waals surface area contributed by atoms with Gasteiger partial charge < -0.3 is 14.8 Å². The molecule has 0 aliphatic rings. The van der Waals surface area contributed by atoms with Crippen LogP contribution in [0.2, 0.25) is 0 Å². The van der Waals surface area contributed by atoms with E-state index in [2.05, 4.69) is 15.4 Å². The van der Waals surface area contributed by atoms with E-state index in [9.17, 15) is 13.6 Å². The number of benzene rings is 2. The summed E-state index contributed by atoms with van der Waals surface area (Å²) in [6, 6.07) is 10.2. The number of rotatable bonds is 8. The highest BCUT2D eigenvalue weighted by atomic mass is 35.5. The smallest absolute Gasteiger partial charge is 0.336 e. The zero-order chi connectivity index (χ0) is 20.8. The Labute approximate surface area is 170 Å². The van der Waals surface area contributed by atoms with E-state index in [0.29, 0.717) is 23.5 Å².